The molecule has 1 spiro atoms. The van der Waals surface area contributed by atoms with Gasteiger partial charge in [-0.1, -0.05) is 173 Å². The maximum absolute atomic E-state index is 8.64. The van der Waals surface area contributed by atoms with Gasteiger partial charge in [0.15, 0.2) is 30.5 Å². The second-order valence-electron chi connectivity index (χ2n) is 36.4. The van der Waals surface area contributed by atoms with Gasteiger partial charge in [0.1, 0.15) is 35.2 Å². The molecule has 2 unspecified atom stereocenters. The molecule has 6 aliphatic carbocycles. The zero-order valence-corrected chi connectivity index (χ0v) is 74.5. The molecule has 10 heterocycles. The van der Waals surface area contributed by atoms with E-state index in [4.69, 9.17) is 24.5 Å². The van der Waals surface area contributed by atoms with Crippen LogP contribution in [0.4, 0.5) is 0 Å². The maximum Gasteiger partial charge on any atom is 0.213 e. The third-order valence-electron chi connectivity index (χ3n) is 27.5. The van der Waals surface area contributed by atoms with E-state index in [2.05, 4.69) is 272 Å². The second kappa shape index (κ2) is 31.2. The molecule has 10 heteroatoms. The van der Waals surface area contributed by atoms with E-state index in [1.807, 2.05) is 136 Å². The summed E-state index contributed by atoms with van der Waals surface area (Å²) in [5, 5.41) is 0. The highest BCUT2D eigenvalue weighted by atomic mass is 15.0. The lowest BCUT2D eigenvalue weighted by Crippen LogP contribution is -2.35. The van der Waals surface area contributed by atoms with Crippen LogP contribution in [0.1, 0.15) is 211 Å². The molecule has 6 aliphatic rings. The summed E-state index contributed by atoms with van der Waals surface area (Å²) in [5.74, 6) is -1.68. The zero-order chi connectivity index (χ0) is 91.9. The van der Waals surface area contributed by atoms with Crippen LogP contribution in [0.2, 0.25) is 0 Å². The Balaban J connectivity index is 0.000000114. The van der Waals surface area contributed by atoms with Crippen LogP contribution < -0.4 is 22.8 Å². The Bertz CT molecular complexity index is 7050. The summed E-state index contributed by atoms with van der Waals surface area (Å²) in [6.07, 6.45) is 22.0. The van der Waals surface area contributed by atoms with Crippen molar-refractivity contribution in [3.05, 3.63) is 356 Å². The van der Waals surface area contributed by atoms with Crippen molar-refractivity contribution >= 4 is 0 Å². The van der Waals surface area contributed by atoms with Gasteiger partial charge in [-0.2, -0.15) is 4.57 Å². The monoisotopic (exact) mass is 1610 g/mol. The van der Waals surface area contributed by atoms with Gasteiger partial charge in [-0.25, -0.2) is 18.3 Å². The lowest BCUT2D eigenvalue weighted by atomic mass is 9.75. The molecule has 0 aliphatic heterocycles. The number of hydrogen-bond acceptors (Lipinski definition) is 5. The van der Waals surface area contributed by atoms with Crippen molar-refractivity contribution in [2.24, 2.45) is 35.2 Å². The van der Waals surface area contributed by atoms with E-state index in [1.165, 1.54) is 154 Å². The van der Waals surface area contributed by atoms with Crippen molar-refractivity contribution < 1.29 is 32.4 Å². The van der Waals surface area contributed by atoms with E-state index in [1.54, 1.807) is 12.3 Å². The second-order valence-corrected chi connectivity index (χ2v) is 36.4. The average molecular weight is 1610 g/mol. The number of rotatable bonds is 6. The Morgan fingerprint density at radius 1 is 0.344 bits per heavy atom. The van der Waals surface area contributed by atoms with E-state index in [0.29, 0.717) is 5.56 Å². The summed E-state index contributed by atoms with van der Waals surface area (Å²) in [6, 6.07) is 69.6. The summed E-state index contributed by atoms with van der Waals surface area (Å²) in [5.41, 5.74) is 43.5. The van der Waals surface area contributed by atoms with E-state index in [-0.39, 0.29) is 21.7 Å². The lowest BCUT2D eigenvalue weighted by molar-refractivity contribution is -0.666. The first-order chi connectivity index (χ1) is 61.2. The molecule has 610 valence electrons. The summed E-state index contributed by atoms with van der Waals surface area (Å²) in [7, 11) is 10.4. The van der Waals surface area contributed by atoms with Gasteiger partial charge >= 0.3 is 0 Å². The molecule has 0 radical (unpaired) electrons. The van der Waals surface area contributed by atoms with Gasteiger partial charge in [0, 0.05) is 163 Å². The minimum absolute atomic E-state index is 0.0386. The van der Waals surface area contributed by atoms with Crippen LogP contribution in [0.25, 0.3) is 112 Å². The highest BCUT2D eigenvalue weighted by Gasteiger charge is 2.50. The molecule has 0 bridgehead atoms. The van der Waals surface area contributed by atoms with Crippen LogP contribution in [0.5, 0.6) is 0 Å². The number of hydrogen-bond donors (Lipinski definition) is 0. The first-order valence-corrected chi connectivity index (χ1v) is 43.0. The number of benzene rings is 5. The van der Waals surface area contributed by atoms with E-state index < -0.39 is 25.0 Å². The van der Waals surface area contributed by atoms with Crippen LogP contribution in [-0.4, -0.2) is 24.9 Å². The Labute approximate surface area is 733 Å². The Hall–Kier alpha value is -12.4. The third-order valence-corrected chi connectivity index (χ3v) is 27.5. The fourth-order valence-corrected chi connectivity index (χ4v) is 21.3. The number of aryl methyl sites for hydroxylation is 11. The first-order valence-electron chi connectivity index (χ1n) is 46.5. The molecular formula is C112H117N10+5. The highest BCUT2D eigenvalue weighted by Crippen LogP contribution is 2.61. The number of aromatic nitrogens is 10. The smallest absolute Gasteiger partial charge is 0.213 e. The van der Waals surface area contributed by atoms with Crippen LogP contribution >= 0.6 is 0 Å². The number of fused-ring (bicyclic) bond motifs is 17. The topological polar surface area (TPSA) is 83.9 Å². The standard InChI is InChI=1S/C26H29N2.2C22H23N2.2C21H21N2/c1-17(2)19-11-15-28(4)22(16-19)23-18(3)9-10-20-21-8-7-14-27-25(21)26(24(20)23)12-5-6-13-26;1-14-11-12-16-20(19(14)18-10-6-8-15(2)24(18)5)22(3,4)17-9-7-13-23-21(16)17;1-14-8-11-18(24(5)13-14)19-15(2)9-10-16-20(19)22(3,4)17-7-6-12-23-21(16)17;2*1-14-10-11-15-19(18(14)17-9-5-6-13-23(17)4)21(2,3)16-8-7-12-22-20(15)16/h7-11,14-17H,5-6,12-13H2,1-4H3;2*6-13H,1-5H3;2*5-13H,1-4H3/q5*+1/i1D3,17D;;;2D3;. The van der Waals surface area contributed by atoms with Gasteiger partial charge in [0.05, 0.1) is 56.3 Å². The fourth-order valence-electron chi connectivity index (χ4n) is 21.3. The molecule has 10 nitrogen and oxygen atoms in total. The molecule has 0 amide bonds. The molecule has 2 atom stereocenters. The predicted octanol–water partition coefficient (Wildman–Crippen LogP) is 23.2. The van der Waals surface area contributed by atoms with Crippen LogP contribution in [-0.2, 0) is 62.3 Å². The van der Waals surface area contributed by atoms with Crippen LogP contribution in [0, 0.1) is 48.5 Å². The molecule has 0 saturated heterocycles. The van der Waals surface area contributed by atoms with Crippen LogP contribution in [0.3, 0.4) is 0 Å². The predicted molar refractivity (Wildman–Crippen MR) is 496 cm³/mol. The minimum Gasteiger partial charge on any atom is -0.260 e. The Morgan fingerprint density at radius 3 is 1.16 bits per heavy atom. The Kier molecular flexibility index (Phi) is 18.8. The van der Waals surface area contributed by atoms with Crippen molar-refractivity contribution in [2.75, 3.05) is 0 Å². The molecule has 5 aromatic carbocycles. The lowest BCUT2D eigenvalue weighted by Gasteiger charge is -2.28. The van der Waals surface area contributed by atoms with Crippen LogP contribution in [0.15, 0.2) is 256 Å². The van der Waals surface area contributed by atoms with Crippen molar-refractivity contribution in [1.82, 2.24) is 24.9 Å². The Morgan fingerprint density at radius 2 is 0.730 bits per heavy atom. The van der Waals surface area contributed by atoms with Gasteiger partial charge in [0.25, 0.3) is 0 Å². The van der Waals surface area contributed by atoms with E-state index >= 15 is 0 Å². The summed E-state index contributed by atoms with van der Waals surface area (Å²) in [4.78, 5) is 23.5. The molecule has 10 aromatic heterocycles. The van der Waals surface area contributed by atoms with Crippen molar-refractivity contribution in [3.63, 3.8) is 0 Å². The fraction of sp³-hybridized carbons (Fsp3) is 0.286. The third kappa shape index (κ3) is 13.4. The van der Waals surface area contributed by atoms with Gasteiger partial charge in [-0.3, -0.25) is 24.9 Å². The summed E-state index contributed by atoms with van der Waals surface area (Å²) < 4.78 is 68.3. The number of nitrogens with zero attached hydrogens (tertiary/aromatic N) is 10. The SMILES string of the molecule is Cc1ccc(-c2c(C)ccc3c2C(C)(C)c2cccnc2-3)[n+](C)c1.Cc1ccc2c(c1-c1cccc(C)[n+]1C)C(C)(C)c1cccnc1-2.Cc1ccc2c(c1-c1cccc[n+]1C)C(C)(C)c1cccnc1-2.[2H]C([2H])([2H])C([2H])(C)c1cc[n+](C)c(-c2c(C)ccc3c2C2(CCCC2)c2ncccc2-3)c1.[2H]C([2H])([2H])C1(C)c2cccnc2-c2ccc(C)c(-c3cccc[n+]3C)c21. The maximum atomic E-state index is 8.64. The summed E-state index contributed by atoms with van der Waals surface area (Å²) >= 11 is 0. The zero-order valence-electron chi connectivity index (χ0n) is 81.5. The largest absolute Gasteiger partial charge is 0.260 e. The molecule has 15 aromatic rings. The molecule has 1 saturated carbocycles. The average Bonchev–Trinajstić information content (AvgIpc) is 1.52. The van der Waals surface area contributed by atoms with Gasteiger partial charge < -0.3 is 0 Å². The summed E-state index contributed by atoms with van der Waals surface area (Å²) in [6.45, 7) is 27.7. The first kappa shape index (κ1) is 73.5. The van der Waals surface area contributed by atoms with Gasteiger partial charge in [-0.05, 0) is 204 Å². The van der Waals surface area contributed by atoms with Crippen molar-refractivity contribution in [2.45, 2.75) is 176 Å². The van der Waals surface area contributed by atoms with E-state index in [9.17, 15) is 0 Å². The van der Waals surface area contributed by atoms with Crippen molar-refractivity contribution in [1.29, 1.82) is 0 Å². The molecule has 1 fully saturated rings. The number of pyridine rings is 10. The van der Waals surface area contributed by atoms with Crippen molar-refractivity contribution in [3.8, 4) is 112 Å². The molecule has 122 heavy (non-hydrogen) atoms. The quantitative estimate of drug-likeness (QED) is 0.155. The normalized spacial score (nSPS) is 17.2. The molecule has 0 N–H and O–H groups in total. The molecular weight excluding hydrogens is 1490 g/mol. The van der Waals surface area contributed by atoms with Gasteiger partial charge in [0.2, 0.25) is 28.5 Å². The molecule has 21 rings (SSSR count). The minimum atomic E-state index is -2.41. The van der Waals surface area contributed by atoms with E-state index in [0.717, 1.165) is 85.9 Å². The van der Waals surface area contributed by atoms with Gasteiger partial charge in [-0.15, -0.1) is 0 Å². The highest BCUT2D eigenvalue weighted by molar-refractivity contribution is 5.92.